The van der Waals surface area contributed by atoms with Gasteiger partial charge in [0.15, 0.2) is 5.17 Å². The maximum absolute atomic E-state index is 13.0. The van der Waals surface area contributed by atoms with Gasteiger partial charge in [0.05, 0.1) is 6.54 Å². The van der Waals surface area contributed by atoms with Crippen molar-refractivity contribution in [2.75, 3.05) is 13.1 Å². The molecule has 0 unspecified atom stereocenters. The average molecular weight is 360 g/mol. The molecule has 26 heavy (non-hydrogen) atoms. The number of aryl methyl sites for hydroxylation is 1. The Morgan fingerprint density at radius 1 is 1.04 bits per heavy atom. The molecular weight excluding hydrogens is 340 g/mol. The number of benzene rings is 3. The van der Waals surface area contributed by atoms with Crippen LogP contribution in [-0.4, -0.2) is 29.1 Å². The number of hydrogen-bond acceptors (Lipinski definition) is 3. The number of aliphatic imine (C=N–C) groups is 1. The van der Waals surface area contributed by atoms with Gasteiger partial charge in [-0.3, -0.25) is 14.7 Å². The summed E-state index contributed by atoms with van der Waals surface area (Å²) in [5.74, 6) is 0.858. The molecule has 1 amide bonds. The molecule has 0 saturated carbocycles. The van der Waals surface area contributed by atoms with E-state index in [0.29, 0.717) is 13.1 Å². The Balaban J connectivity index is 1.51. The molecule has 3 nitrogen and oxygen atoms in total. The van der Waals surface area contributed by atoms with Crippen molar-refractivity contribution in [1.82, 2.24) is 4.90 Å². The minimum absolute atomic E-state index is 0.0317. The average Bonchev–Trinajstić information content (AvgIpc) is 3.15. The molecule has 0 radical (unpaired) electrons. The van der Waals surface area contributed by atoms with Gasteiger partial charge in [-0.05, 0) is 41.0 Å². The first-order chi connectivity index (χ1) is 12.7. The van der Waals surface area contributed by atoms with Crippen molar-refractivity contribution in [2.24, 2.45) is 4.99 Å². The van der Waals surface area contributed by atoms with E-state index in [1.807, 2.05) is 47.4 Å². The minimum Gasteiger partial charge on any atom is -0.286 e. The number of amidine groups is 1. The lowest BCUT2D eigenvalue weighted by molar-refractivity contribution is 0.0861. The zero-order valence-corrected chi connectivity index (χ0v) is 15.5. The molecule has 0 atom stereocenters. The third-order valence-electron chi connectivity index (χ3n) is 4.66. The smallest absolute Gasteiger partial charge is 0.259 e. The van der Waals surface area contributed by atoms with E-state index in [4.69, 9.17) is 0 Å². The Hall–Kier alpha value is -2.59. The van der Waals surface area contributed by atoms with Gasteiger partial charge in [0.1, 0.15) is 0 Å². The van der Waals surface area contributed by atoms with E-state index in [1.54, 1.807) is 11.8 Å². The zero-order chi connectivity index (χ0) is 17.9. The van der Waals surface area contributed by atoms with Gasteiger partial charge in [-0.2, -0.15) is 0 Å². The second-order valence-corrected chi connectivity index (χ2v) is 7.34. The molecule has 3 aromatic carbocycles. The molecule has 0 N–H and O–H groups in total. The van der Waals surface area contributed by atoms with Crippen LogP contribution in [0.4, 0.5) is 0 Å². The summed E-state index contributed by atoms with van der Waals surface area (Å²) in [5.41, 5.74) is 3.27. The lowest BCUT2D eigenvalue weighted by Crippen LogP contribution is -2.32. The standard InChI is InChI=1S/C22H20N2OS/c1-16-6-2-3-9-20(16)15-26-22-23-12-13-24(22)21(25)19-11-10-17-7-4-5-8-18(17)14-19/h2-11,14H,12-13,15H2,1H3. The Bertz CT molecular complexity index is 996. The van der Waals surface area contributed by atoms with Crippen molar-refractivity contribution in [3.8, 4) is 0 Å². The van der Waals surface area contributed by atoms with Gasteiger partial charge >= 0.3 is 0 Å². The van der Waals surface area contributed by atoms with Gasteiger partial charge < -0.3 is 0 Å². The molecule has 1 heterocycles. The number of rotatable bonds is 3. The molecule has 0 aliphatic carbocycles. The van der Waals surface area contributed by atoms with Crippen LogP contribution in [0, 0.1) is 6.92 Å². The predicted molar refractivity (Wildman–Crippen MR) is 110 cm³/mol. The highest BCUT2D eigenvalue weighted by atomic mass is 32.2. The fourth-order valence-corrected chi connectivity index (χ4v) is 4.25. The normalized spacial score (nSPS) is 13.9. The molecule has 0 bridgehead atoms. The molecule has 3 aromatic rings. The monoisotopic (exact) mass is 360 g/mol. The first kappa shape index (κ1) is 16.9. The summed E-state index contributed by atoms with van der Waals surface area (Å²) in [6.45, 7) is 3.45. The summed E-state index contributed by atoms with van der Waals surface area (Å²) in [4.78, 5) is 19.4. The van der Waals surface area contributed by atoms with Gasteiger partial charge in [-0.1, -0.05) is 66.4 Å². The molecule has 130 valence electrons. The molecule has 1 aliphatic rings. The van der Waals surface area contributed by atoms with Crippen LogP contribution in [0.5, 0.6) is 0 Å². The molecule has 0 aromatic heterocycles. The van der Waals surface area contributed by atoms with E-state index >= 15 is 0 Å². The summed E-state index contributed by atoms with van der Waals surface area (Å²) in [6, 6.07) is 22.3. The number of thioether (sulfide) groups is 1. The van der Waals surface area contributed by atoms with Crippen LogP contribution in [0.15, 0.2) is 71.7 Å². The van der Waals surface area contributed by atoms with E-state index in [2.05, 4.69) is 36.2 Å². The van der Waals surface area contributed by atoms with E-state index < -0.39 is 0 Å². The first-order valence-corrected chi connectivity index (χ1v) is 9.73. The van der Waals surface area contributed by atoms with E-state index in [9.17, 15) is 4.79 Å². The molecule has 4 heteroatoms. The number of carbonyl (C=O) groups is 1. The Morgan fingerprint density at radius 3 is 2.65 bits per heavy atom. The third kappa shape index (κ3) is 3.37. The highest BCUT2D eigenvalue weighted by Gasteiger charge is 2.25. The molecule has 0 fully saturated rings. The molecular formula is C22H20N2OS. The van der Waals surface area contributed by atoms with Crippen LogP contribution in [0.2, 0.25) is 0 Å². The summed E-state index contributed by atoms with van der Waals surface area (Å²) < 4.78 is 0. The Morgan fingerprint density at radius 2 is 1.81 bits per heavy atom. The second kappa shape index (κ2) is 7.34. The van der Waals surface area contributed by atoms with E-state index in [0.717, 1.165) is 27.3 Å². The van der Waals surface area contributed by atoms with Crippen molar-refractivity contribution >= 4 is 33.6 Å². The Kier molecular flexibility index (Phi) is 4.76. The van der Waals surface area contributed by atoms with Crippen LogP contribution < -0.4 is 0 Å². The lowest BCUT2D eigenvalue weighted by atomic mass is 10.1. The maximum atomic E-state index is 13.0. The molecule has 0 saturated heterocycles. The molecule has 4 rings (SSSR count). The number of hydrogen-bond donors (Lipinski definition) is 0. The highest BCUT2D eigenvalue weighted by Crippen LogP contribution is 2.24. The van der Waals surface area contributed by atoms with Gasteiger partial charge in [0, 0.05) is 17.9 Å². The largest absolute Gasteiger partial charge is 0.286 e. The first-order valence-electron chi connectivity index (χ1n) is 8.75. The van der Waals surface area contributed by atoms with Gasteiger partial charge in [0.2, 0.25) is 0 Å². The summed E-state index contributed by atoms with van der Waals surface area (Å²) >= 11 is 1.64. The number of nitrogens with zero attached hydrogens (tertiary/aromatic N) is 2. The lowest BCUT2D eigenvalue weighted by Gasteiger charge is -2.18. The van der Waals surface area contributed by atoms with Crippen molar-refractivity contribution < 1.29 is 4.79 Å². The quantitative estimate of drug-likeness (QED) is 0.666. The van der Waals surface area contributed by atoms with Crippen LogP contribution in [0.3, 0.4) is 0 Å². The van der Waals surface area contributed by atoms with Crippen molar-refractivity contribution in [3.05, 3.63) is 83.4 Å². The number of carbonyl (C=O) groups excluding carboxylic acids is 1. The van der Waals surface area contributed by atoms with E-state index in [1.165, 1.54) is 11.1 Å². The predicted octanol–water partition coefficient (Wildman–Crippen LogP) is 4.89. The maximum Gasteiger partial charge on any atom is 0.259 e. The summed E-state index contributed by atoms with van der Waals surface area (Å²) in [5, 5.41) is 3.06. The van der Waals surface area contributed by atoms with E-state index in [-0.39, 0.29) is 5.91 Å². The molecule has 0 spiro atoms. The van der Waals surface area contributed by atoms with Crippen LogP contribution >= 0.6 is 11.8 Å². The SMILES string of the molecule is Cc1ccccc1CSC1=NCCN1C(=O)c1ccc2ccccc2c1. The van der Waals surface area contributed by atoms with Crippen molar-refractivity contribution in [3.63, 3.8) is 0 Å². The summed E-state index contributed by atoms with van der Waals surface area (Å²) in [6.07, 6.45) is 0. The minimum atomic E-state index is 0.0317. The Labute approximate surface area is 157 Å². The number of fused-ring (bicyclic) bond motifs is 1. The highest BCUT2D eigenvalue weighted by molar-refractivity contribution is 8.13. The topological polar surface area (TPSA) is 32.7 Å². The third-order valence-corrected chi connectivity index (χ3v) is 5.72. The number of amides is 1. The summed E-state index contributed by atoms with van der Waals surface area (Å²) in [7, 11) is 0. The second-order valence-electron chi connectivity index (χ2n) is 6.40. The fraction of sp³-hybridized carbons (Fsp3) is 0.182. The van der Waals surface area contributed by atoms with Gasteiger partial charge in [-0.25, -0.2) is 0 Å². The van der Waals surface area contributed by atoms with Crippen molar-refractivity contribution in [1.29, 1.82) is 0 Å². The van der Waals surface area contributed by atoms with Crippen molar-refractivity contribution in [2.45, 2.75) is 12.7 Å². The zero-order valence-electron chi connectivity index (χ0n) is 14.7. The van der Waals surface area contributed by atoms with Gasteiger partial charge in [-0.15, -0.1) is 0 Å². The van der Waals surface area contributed by atoms with Crippen LogP contribution in [0.25, 0.3) is 10.8 Å². The van der Waals surface area contributed by atoms with Gasteiger partial charge in [0.25, 0.3) is 5.91 Å². The fourth-order valence-electron chi connectivity index (χ4n) is 3.13. The molecule has 1 aliphatic heterocycles. The van der Waals surface area contributed by atoms with Crippen LogP contribution in [0.1, 0.15) is 21.5 Å². The van der Waals surface area contributed by atoms with Crippen LogP contribution in [-0.2, 0) is 5.75 Å².